The molecule has 5 nitrogen and oxygen atoms in total. The predicted octanol–water partition coefficient (Wildman–Crippen LogP) is 3.07. The van der Waals surface area contributed by atoms with Crippen molar-refractivity contribution in [2.45, 2.75) is 4.21 Å². The van der Waals surface area contributed by atoms with Gasteiger partial charge < -0.3 is 0 Å². The van der Waals surface area contributed by atoms with Crippen LogP contribution in [-0.2, 0) is 10.0 Å². The van der Waals surface area contributed by atoms with Gasteiger partial charge in [0, 0.05) is 23.3 Å². The Labute approximate surface area is 124 Å². The van der Waals surface area contributed by atoms with Crippen molar-refractivity contribution in [1.29, 1.82) is 0 Å². The fraction of sp³-hybridized carbons (Fsp3) is 0. The third-order valence-electron chi connectivity index (χ3n) is 2.46. The zero-order valence-electron chi connectivity index (χ0n) is 10.1. The van der Waals surface area contributed by atoms with Crippen LogP contribution in [0.5, 0.6) is 0 Å². The molecular formula is C12H9N3O2S3. The second-order valence-electron chi connectivity index (χ2n) is 3.81. The first-order valence-electron chi connectivity index (χ1n) is 5.57. The standard InChI is InChI=1S/C12H9N3O2S3/c16-20(17,11-2-1-7-18-11)15-12-14-10(8-19-12)9-3-5-13-6-4-9/h1-8H,(H,14,15). The van der Waals surface area contributed by atoms with Crippen molar-refractivity contribution in [3.63, 3.8) is 0 Å². The number of hydrogen-bond donors (Lipinski definition) is 1. The summed E-state index contributed by atoms with van der Waals surface area (Å²) < 4.78 is 26.9. The Bertz CT molecular complexity index is 796. The Balaban J connectivity index is 1.85. The van der Waals surface area contributed by atoms with E-state index < -0.39 is 10.0 Å². The minimum atomic E-state index is -3.53. The third kappa shape index (κ3) is 2.72. The van der Waals surface area contributed by atoms with E-state index in [9.17, 15) is 8.42 Å². The van der Waals surface area contributed by atoms with Gasteiger partial charge in [0.1, 0.15) is 4.21 Å². The van der Waals surface area contributed by atoms with Crippen LogP contribution in [0.15, 0.2) is 51.6 Å². The van der Waals surface area contributed by atoms with Crippen LogP contribution in [0.2, 0.25) is 0 Å². The van der Waals surface area contributed by atoms with Crippen LogP contribution in [0.1, 0.15) is 0 Å². The van der Waals surface area contributed by atoms with Gasteiger partial charge in [0.2, 0.25) is 0 Å². The van der Waals surface area contributed by atoms with E-state index in [1.54, 1.807) is 29.9 Å². The van der Waals surface area contributed by atoms with E-state index >= 15 is 0 Å². The lowest BCUT2D eigenvalue weighted by atomic mass is 10.2. The molecule has 0 aliphatic heterocycles. The number of nitrogens with zero attached hydrogens (tertiary/aromatic N) is 2. The maximum atomic E-state index is 12.1. The summed E-state index contributed by atoms with van der Waals surface area (Å²) in [6.45, 7) is 0. The highest BCUT2D eigenvalue weighted by Crippen LogP contribution is 2.27. The highest BCUT2D eigenvalue weighted by molar-refractivity contribution is 7.94. The molecule has 3 heterocycles. The number of sulfonamides is 1. The summed E-state index contributed by atoms with van der Waals surface area (Å²) in [5.74, 6) is 0. The van der Waals surface area contributed by atoms with Gasteiger partial charge in [-0.2, -0.15) is 0 Å². The van der Waals surface area contributed by atoms with Crippen molar-refractivity contribution in [1.82, 2.24) is 9.97 Å². The van der Waals surface area contributed by atoms with Crippen LogP contribution in [0.3, 0.4) is 0 Å². The van der Waals surface area contributed by atoms with Gasteiger partial charge in [0.15, 0.2) is 5.13 Å². The highest BCUT2D eigenvalue weighted by Gasteiger charge is 2.17. The van der Waals surface area contributed by atoms with E-state index in [1.165, 1.54) is 22.7 Å². The SMILES string of the molecule is O=S(=O)(Nc1nc(-c2ccncc2)cs1)c1cccs1. The first kappa shape index (κ1) is 13.2. The lowest BCUT2D eigenvalue weighted by molar-refractivity contribution is 0.603. The summed E-state index contributed by atoms with van der Waals surface area (Å²) in [5, 5.41) is 3.88. The zero-order chi connectivity index (χ0) is 14.0. The molecule has 0 fully saturated rings. The summed E-state index contributed by atoms with van der Waals surface area (Å²) >= 11 is 2.42. The van der Waals surface area contributed by atoms with Crippen molar-refractivity contribution < 1.29 is 8.42 Å². The molecular weight excluding hydrogens is 314 g/mol. The largest absolute Gasteiger partial charge is 0.273 e. The summed E-state index contributed by atoms with van der Waals surface area (Å²) in [4.78, 5) is 8.22. The normalized spacial score (nSPS) is 11.4. The molecule has 3 aromatic rings. The molecule has 0 atom stereocenters. The molecule has 0 unspecified atom stereocenters. The van der Waals surface area contributed by atoms with E-state index in [-0.39, 0.29) is 4.21 Å². The van der Waals surface area contributed by atoms with Crippen molar-refractivity contribution in [2.75, 3.05) is 4.72 Å². The third-order valence-corrected chi connectivity index (χ3v) is 6.09. The van der Waals surface area contributed by atoms with Crippen molar-refractivity contribution in [3.05, 3.63) is 47.4 Å². The molecule has 102 valence electrons. The van der Waals surface area contributed by atoms with Crippen LogP contribution in [0.25, 0.3) is 11.3 Å². The maximum absolute atomic E-state index is 12.1. The number of thiophene rings is 1. The molecule has 8 heteroatoms. The van der Waals surface area contributed by atoms with Crippen LogP contribution in [0.4, 0.5) is 5.13 Å². The first-order valence-corrected chi connectivity index (χ1v) is 8.82. The average Bonchev–Trinajstić information content (AvgIpc) is 3.10. The summed E-state index contributed by atoms with van der Waals surface area (Å²) in [5.41, 5.74) is 1.62. The smallest absolute Gasteiger partial charge is 0.265 e. The van der Waals surface area contributed by atoms with Gasteiger partial charge in [0.05, 0.1) is 5.69 Å². The summed E-state index contributed by atoms with van der Waals surface area (Å²) in [6.07, 6.45) is 3.34. The Morgan fingerprint density at radius 3 is 2.60 bits per heavy atom. The van der Waals surface area contributed by atoms with E-state index in [0.717, 1.165) is 11.3 Å². The van der Waals surface area contributed by atoms with Crippen molar-refractivity contribution in [2.24, 2.45) is 0 Å². The number of thiazole rings is 1. The number of aromatic nitrogens is 2. The van der Waals surface area contributed by atoms with Gasteiger partial charge >= 0.3 is 0 Å². The minimum Gasteiger partial charge on any atom is -0.265 e. The zero-order valence-corrected chi connectivity index (χ0v) is 12.5. The van der Waals surface area contributed by atoms with Crippen LogP contribution in [0, 0.1) is 0 Å². The molecule has 0 saturated heterocycles. The van der Waals surface area contributed by atoms with Crippen LogP contribution in [-0.4, -0.2) is 18.4 Å². The number of anilines is 1. The van der Waals surface area contributed by atoms with Crippen LogP contribution >= 0.6 is 22.7 Å². The number of pyridine rings is 1. The predicted molar refractivity (Wildman–Crippen MR) is 80.5 cm³/mol. The monoisotopic (exact) mass is 323 g/mol. The summed E-state index contributed by atoms with van der Waals surface area (Å²) in [7, 11) is -3.53. The highest BCUT2D eigenvalue weighted by atomic mass is 32.2. The van der Waals surface area contributed by atoms with E-state index in [1.807, 2.05) is 17.5 Å². The molecule has 0 radical (unpaired) electrons. The lowest BCUT2D eigenvalue weighted by Crippen LogP contribution is -2.11. The van der Waals surface area contributed by atoms with Gasteiger partial charge in [-0.1, -0.05) is 6.07 Å². The van der Waals surface area contributed by atoms with Crippen molar-refractivity contribution in [3.8, 4) is 11.3 Å². The Morgan fingerprint density at radius 2 is 1.90 bits per heavy atom. The Morgan fingerprint density at radius 1 is 1.10 bits per heavy atom. The number of nitrogens with one attached hydrogen (secondary N) is 1. The quantitative estimate of drug-likeness (QED) is 0.801. The van der Waals surface area contributed by atoms with Crippen molar-refractivity contribution >= 4 is 37.8 Å². The Hall–Kier alpha value is -1.77. The average molecular weight is 323 g/mol. The number of hydrogen-bond acceptors (Lipinski definition) is 6. The molecule has 20 heavy (non-hydrogen) atoms. The molecule has 0 spiro atoms. The minimum absolute atomic E-state index is 0.276. The first-order chi connectivity index (χ1) is 9.65. The molecule has 0 aliphatic carbocycles. The lowest BCUT2D eigenvalue weighted by Gasteiger charge is -2.01. The van der Waals surface area contributed by atoms with Gasteiger partial charge in [-0.15, -0.1) is 22.7 Å². The molecule has 0 aromatic carbocycles. The Kier molecular flexibility index (Phi) is 3.51. The number of rotatable bonds is 4. The molecule has 0 amide bonds. The van der Waals surface area contributed by atoms with E-state index in [4.69, 9.17) is 0 Å². The maximum Gasteiger partial charge on any atom is 0.273 e. The van der Waals surface area contributed by atoms with Gasteiger partial charge in [0.25, 0.3) is 10.0 Å². The molecule has 3 aromatic heterocycles. The molecule has 0 aliphatic rings. The fourth-order valence-corrected chi connectivity index (χ4v) is 4.52. The molecule has 0 bridgehead atoms. The molecule has 0 saturated carbocycles. The second-order valence-corrected chi connectivity index (χ2v) is 7.53. The van der Waals surface area contributed by atoms with E-state index in [2.05, 4.69) is 14.7 Å². The summed E-state index contributed by atoms with van der Waals surface area (Å²) in [6, 6.07) is 6.91. The van der Waals surface area contributed by atoms with Gasteiger partial charge in [-0.25, -0.2) is 13.4 Å². The van der Waals surface area contributed by atoms with Gasteiger partial charge in [-0.05, 0) is 23.6 Å². The second kappa shape index (κ2) is 5.31. The van der Waals surface area contributed by atoms with E-state index in [0.29, 0.717) is 5.13 Å². The van der Waals surface area contributed by atoms with Crippen LogP contribution < -0.4 is 4.72 Å². The topological polar surface area (TPSA) is 72.0 Å². The molecule has 1 N–H and O–H groups in total. The van der Waals surface area contributed by atoms with Gasteiger partial charge in [-0.3, -0.25) is 9.71 Å². The molecule has 3 rings (SSSR count). The fourth-order valence-electron chi connectivity index (χ4n) is 1.56.